The van der Waals surface area contributed by atoms with Crippen LogP contribution in [0, 0.1) is 0 Å². The predicted octanol–water partition coefficient (Wildman–Crippen LogP) is 3.32. The van der Waals surface area contributed by atoms with Gasteiger partial charge in [-0.1, -0.05) is 24.3 Å². The molecule has 1 atom stereocenters. The van der Waals surface area contributed by atoms with Crippen molar-refractivity contribution < 1.29 is 9.59 Å². The molecular formula is C19H17N3O2S. The first-order chi connectivity index (χ1) is 12.2. The van der Waals surface area contributed by atoms with Gasteiger partial charge >= 0.3 is 0 Å². The number of nitrogens with one attached hydrogen (secondary N) is 2. The lowest BCUT2D eigenvalue weighted by Crippen LogP contribution is -2.44. The molecule has 0 bridgehead atoms. The van der Waals surface area contributed by atoms with E-state index in [4.69, 9.17) is 0 Å². The topological polar surface area (TPSA) is 65.2 Å². The Hall–Kier alpha value is -2.73. The Bertz CT molecular complexity index is 923. The SMILES string of the molecule is O=C(Nc1cccc2[nH]ccc12)[C@H]1CSCN1C(=O)c1ccccc1. The molecule has 6 heteroatoms. The van der Waals surface area contributed by atoms with Crippen molar-refractivity contribution in [3.8, 4) is 0 Å². The lowest BCUT2D eigenvalue weighted by molar-refractivity contribution is -0.119. The molecule has 0 saturated carbocycles. The number of carbonyl (C=O) groups is 2. The zero-order valence-electron chi connectivity index (χ0n) is 13.4. The summed E-state index contributed by atoms with van der Waals surface area (Å²) in [6, 6.07) is 16.3. The van der Waals surface area contributed by atoms with Crippen LogP contribution < -0.4 is 5.32 Å². The van der Waals surface area contributed by atoms with E-state index in [1.54, 1.807) is 28.8 Å². The van der Waals surface area contributed by atoms with Crippen molar-refractivity contribution in [3.05, 3.63) is 66.4 Å². The van der Waals surface area contributed by atoms with Crippen molar-refractivity contribution >= 4 is 40.2 Å². The molecule has 1 aromatic heterocycles. The number of hydrogen-bond acceptors (Lipinski definition) is 3. The van der Waals surface area contributed by atoms with E-state index in [2.05, 4.69) is 10.3 Å². The van der Waals surface area contributed by atoms with E-state index in [9.17, 15) is 9.59 Å². The van der Waals surface area contributed by atoms with Gasteiger partial charge in [0, 0.05) is 28.4 Å². The quantitative estimate of drug-likeness (QED) is 0.761. The minimum Gasteiger partial charge on any atom is -0.361 e. The molecule has 126 valence electrons. The van der Waals surface area contributed by atoms with Crippen LogP contribution in [-0.2, 0) is 4.79 Å². The normalized spacial score (nSPS) is 17.0. The number of rotatable bonds is 3. The van der Waals surface area contributed by atoms with Gasteiger partial charge in [0.15, 0.2) is 0 Å². The predicted molar refractivity (Wildman–Crippen MR) is 101 cm³/mol. The monoisotopic (exact) mass is 351 g/mol. The second kappa shape index (κ2) is 6.64. The van der Waals surface area contributed by atoms with Crippen molar-refractivity contribution in [3.63, 3.8) is 0 Å². The van der Waals surface area contributed by atoms with Crippen molar-refractivity contribution in [2.75, 3.05) is 16.9 Å². The highest BCUT2D eigenvalue weighted by molar-refractivity contribution is 7.99. The van der Waals surface area contributed by atoms with Crippen LogP contribution in [0.3, 0.4) is 0 Å². The first kappa shape index (κ1) is 15.8. The molecule has 0 unspecified atom stereocenters. The van der Waals surface area contributed by atoms with E-state index in [0.717, 1.165) is 16.6 Å². The van der Waals surface area contributed by atoms with Crippen molar-refractivity contribution in [1.29, 1.82) is 0 Å². The van der Waals surface area contributed by atoms with E-state index in [1.165, 1.54) is 0 Å². The van der Waals surface area contributed by atoms with Crippen LogP contribution in [0.15, 0.2) is 60.8 Å². The second-order valence-electron chi connectivity index (χ2n) is 5.89. The van der Waals surface area contributed by atoms with E-state index >= 15 is 0 Å². The Kier molecular flexibility index (Phi) is 4.19. The molecular weight excluding hydrogens is 334 g/mol. The first-order valence-electron chi connectivity index (χ1n) is 8.05. The standard InChI is InChI=1S/C19H17N3O2S/c23-18(21-16-8-4-7-15-14(16)9-10-20-15)17-11-25-12-22(17)19(24)13-5-2-1-3-6-13/h1-10,17,20H,11-12H2,(H,21,23)/t17-/m1/s1. The number of aromatic amines is 1. The molecule has 5 nitrogen and oxygen atoms in total. The lowest BCUT2D eigenvalue weighted by atomic mass is 10.1. The summed E-state index contributed by atoms with van der Waals surface area (Å²) in [4.78, 5) is 30.3. The Labute approximate surface area is 149 Å². The molecule has 2 amide bonds. The zero-order valence-corrected chi connectivity index (χ0v) is 14.3. The summed E-state index contributed by atoms with van der Waals surface area (Å²) >= 11 is 1.60. The Morgan fingerprint density at radius 2 is 1.92 bits per heavy atom. The summed E-state index contributed by atoms with van der Waals surface area (Å²) in [7, 11) is 0. The zero-order chi connectivity index (χ0) is 17.2. The van der Waals surface area contributed by atoms with Crippen molar-refractivity contribution in [1.82, 2.24) is 9.88 Å². The molecule has 0 radical (unpaired) electrons. The molecule has 0 aliphatic carbocycles. The number of H-pyrrole nitrogens is 1. The molecule has 1 fully saturated rings. The molecule has 0 spiro atoms. The third-order valence-corrected chi connectivity index (χ3v) is 5.33. The highest BCUT2D eigenvalue weighted by atomic mass is 32.2. The Balaban J connectivity index is 1.55. The van der Waals surface area contributed by atoms with Gasteiger partial charge in [-0.05, 0) is 30.3 Å². The van der Waals surface area contributed by atoms with Gasteiger partial charge in [-0.15, -0.1) is 11.8 Å². The third kappa shape index (κ3) is 3.00. The summed E-state index contributed by atoms with van der Waals surface area (Å²) in [6.07, 6.45) is 1.84. The summed E-state index contributed by atoms with van der Waals surface area (Å²) < 4.78 is 0. The largest absolute Gasteiger partial charge is 0.361 e. The average molecular weight is 351 g/mol. The summed E-state index contributed by atoms with van der Waals surface area (Å²) in [6.45, 7) is 0. The van der Waals surface area contributed by atoms with Gasteiger partial charge in [-0.25, -0.2) is 0 Å². The molecule has 1 aliphatic rings. The molecule has 2 aromatic carbocycles. The van der Waals surface area contributed by atoms with Gasteiger partial charge < -0.3 is 15.2 Å². The van der Waals surface area contributed by atoms with E-state index in [0.29, 0.717) is 17.2 Å². The molecule has 2 N–H and O–H groups in total. The van der Waals surface area contributed by atoms with Crippen LogP contribution >= 0.6 is 11.8 Å². The number of fused-ring (bicyclic) bond motifs is 1. The van der Waals surface area contributed by atoms with E-state index in [-0.39, 0.29) is 11.8 Å². The van der Waals surface area contributed by atoms with Crippen LogP contribution in [0.1, 0.15) is 10.4 Å². The molecule has 2 heterocycles. The smallest absolute Gasteiger partial charge is 0.255 e. The van der Waals surface area contributed by atoms with E-state index in [1.807, 2.05) is 48.7 Å². The van der Waals surface area contributed by atoms with Gasteiger partial charge in [-0.2, -0.15) is 0 Å². The number of benzene rings is 2. The van der Waals surface area contributed by atoms with E-state index < -0.39 is 6.04 Å². The maximum absolute atomic E-state index is 12.8. The number of hydrogen-bond donors (Lipinski definition) is 2. The molecule has 3 aromatic rings. The highest BCUT2D eigenvalue weighted by Gasteiger charge is 2.35. The number of carbonyl (C=O) groups excluding carboxylic acids is 2. The molecule has 1 saturated heterocycles. The van der Waals surface area contributed by atoms with Crippen LogP contribution in [0.25, 0.3) is 10.9 Å². The fourth-order valence-electron chi connectivity index (χ4n) is 3.02. The minimum absolute atomic E-state index is 0.106. The Morgan fingerprint density at radius 3 is 2.76 bits per heavy atom. The highest BCUT2D eigenvalue weighted by Crippen LogP contribution is 2.26. The number of thioether (sulfide) groups is 1. The van der Waals surface area contributed by atoms with Crippen LogP contribution in [0.5, 0.6) is 0 Å². The third-order valence-electron chi connectivity index (χ3n) is 4.32. The van der Waals surface area contributed by atoms with Gasteiger partial charge in [0.25, 0.3) is 5.91 Å². The first-order valence-corrected chi connectivity index (χ1v) is 9.20. The summed E-state index contributed by atoms with van der Waals surface area (Å²) in [5.41, 5.74) is 2.33. The molecule has 25 heavy (non-hydrogen) atoms. The number of anilines is 1. The minimum atomic E-state index is -0.466. The number of amides is 2. The molecule has 4 rings (SSSR count). The van der Waals surface area contributed by atoms with Crippen molar-refractivity contribution in [2.45, 2.75) is 6.04 Å². The van der Waals surface area contributed by atoms with Crippen LogP contribution in [0.4, 0.5) is 5.69 Å². The Morgan fingerprint density at radius 1 is 1.08 bits per heavy atom. The maximum Gasteiger partial charge on any atom is 0.255 e. The fourth-order valence-corrected chi connectivity index (χ4v) is 4.17. The second-order valence-corrected chi connectivity index (χ2v) is 6.89. The summed E-state index contributed by atoms with van der Waals surface area (Å²) in [5.74, 6) is 0.877. The van der Waals surface area contributed by atoms with Gasteiger partial charge in [0.05, 0.1) is 11.6 Å². The average Bonchev–Trinajstić information content (AvgIpc) is 3.31. The lowest BCUT2D eigenvalue weighted by Gasteiger charge is -2.23. The van der Waals surface area contributed by atoms with Crippen molar-refractivity contribution in [2.24, 2.45) is 0 Å². The van der Waals surface area contributed by atoms with Gasteiger partial charge in [0.2, 0.25) is 5.91 Å². The number of nitrogens with zero attached hydrogens (tertiary/aromatic N) is 1. The molecule has 1 aliphatic heterocycles. The van der Waals surface area contributed by atoms with Crippen LogP contribution in [0.2, 0.25) is 0 Å². The van der Waals surface area contributed by atoms with Gasteiger partial charge in [0.1, 0.15) is 6.04 Å². The van der Waals surface area contributed by atoms with Gasteiger partial charge in [-0.3, -0.25) is 9.59 Å². The fraction of sp³-hybridized carbons (Fsp3) is 0.158. The maximum atomic E-state index is 12.8. The number of aromatic nitrogens is 1. The van der Waals surface area contributed by atoms with Crippen LogP contribution in [-0.4, -0.2) is 39.4 Å². The summed E-state index contributed by atoms with van der Waals surface area (Å²) in [5, 5.41) is 3.94.